The lowest BCUT2D eigenvalue weighted by Crippen LogP contribution is -2.33. The van der Waals surface area contributed by atoms with E-state index in [0.29, 0.717) is 24.6 Å². The molecule has 0 radical (unpaired) electrons. The van der Waals surface area contributed by atoms with Gasteiger partial charge in [-0.05, 0) is 36.9 Å². The molecule has 0 spiro atoms. The highest BCUT2D eigenvalue weighted by molar-refractivity contribution is 5.36. The molecule has 3 heteroatoms. The minimum Gasteiger partial charge on any atom is -0.373 e. The average molecular weight is 244 g/mol. The molecule has 2 rings (SSSR count). The number of rotatable bonds is 4. The van der Waals surface area contributed by atoms with Gasteiger partial charge in [0.1, 0.15) is 0 Å². The largest absolute Gasteiger partial charge is 0.373 e. The zero-order valence-electron chi connectivity index (χ0n) is 10.6. The lowest BCUT2D eigenvalue weighted by molar-refractivity contribution is -0.0183. The first-order valence-corrected chi connectivity index (χ1v) is 6.65. The summed E-state index contributed by atoms with van der Waals surface area (Å²) in [5, 5.41) is 9.03. The number of hydrogen-bond acceptors (Lipinski definition) is 3. The minimum atomic E-state index is 0.260. The maximum absolute atomic E-state index is 9.03. The molecular weight excluding hydrogens is 224 g/mol. The monoisotopic (exact) mass is 244 g/mol. The maximum atomic E-state index is 9.03. The van der Waals surface area contributed by atoms with Crippen LogP contribution >= 0.6 is 0 Å². The van der Waals surface area contributed by atoms with Gasteiger partial charge in [-0.2, -0.15) is 5.26 Å². The van der Waals surface area contributed by atoms with Crippen molar-refractivity contribution in [1.29, 1.82) is 5.26 Å². The van der Waals surface area contributed by atoms with Crippen LogP contribution in [0.15, 0.2) is 24.3 Å². The average Bonchev–Trinajstić information content (AvgIpc) is 2.45. The molecule has 0 heterocycles. The van der Waals surface area contributed by atoms with Crippen LogP contribution in [0.4, 0.5) is 0 Å². The molecule has 1 fully saturated rings. The first-order valence-electron chi connectivity index (χ1n) is 6.65. The molecular formula is C15H20N2O. The molecule has 2 unspecified atom stereocenters. The van der Waals surface area contributed by atoms with E-state index in [0.717, 1.165) is 12.0 Å². The Kier molecular flexibility index (Phi) is 4.74. The molecule has 3 nitrogen and oxygen atoms in total. The van der Waals surface area contributed by atoms with Gasteiger partial charge in [0, 0.05) is 0 Å². The van der Waals surface area contributed by atoms with Gasteiger partial charge in [-0.3, -0.25) is 0 Å². The summed E-state index contributed by atoms with van der Waals surface area (Å²) in [5.41, 5.74) is 7.47. The Labute approximate surface area is 109 Å². The van der Waals surface area contributed by atoms with Crippen molar-refractivity contribution >= 4 is 0 Å². The fraction of sp³-hybridized carbons (Fsp3) is 0.533. The number of hydrogen-bond donors (Lipinski definition) is 1. The lowest BCUT2D eigenvalue weighted by Gasteiger charge is -2.30. The van der Waals surface area contributed by atoms with Crippen LogP contribution < -0.4 is 5.73 Å². The summed E-state index contributed by atoms with van der Waals surface area (Å²) >= 11 is 0. The molecule has 96 valence electrons. The molecule has 0 aromatic heterocycles. The highest BCUT2D eigenvalue weighted by Crippen LogP contribution is 2.27. The summed E-state index contributed by atoms with van der Waals surface area (Å²) in [6, 6.07) is 9.82. The van der Waals surface area contributed by atoms with Gasteiger partial charge < -0.3 is 10.5 Å². The van der Waals surface area contributed by atoms with Gasteiger partial charge in [0.25, 0.3) is 0 Å². The van der Waals surface area contributed by atoms with Crippen LogP contribution in [0.1, 0.15) is 36.8 Å². The summed E-state index contributed by atoms with van der Waals surface area (Å²) < 4.78 is 5.98. The van der Waals surface area contributed by atoms with Crippen molar-refractivity contribution < 1.29 is 4.74 Å². The van der Waals surface area contributed by atoms with Crippen molar-refractivity contribution in [1.82, 2.24) is 0 Å². The van der Waals surface area contributed by atoms with Gasteiger partial charge in [0.15, 0.2) is 0 Å². The van der Waals surface area contributed by atoms with E-state index in [4.69, 9.17) is 15.7 Å². The predicted octanol–water partition coefficient (Wildman–Crippen LogP) is 2.59. The molecule has 1 aromatic rings. The van der Waals surface area contributed by atoms with Gasteiger partial charge >= 0.3 is 0 Å². The lowest BCUT2D eigenvalue weighted by atomic mass is 9.86. The topological polar surface area (TPSA) is 59.0 Å². The zero-order valence-corrected chi connectivity index (χ0v) is 10.6. The Morgan fingerprint density at radius 3 is 2.83 bits per heavy atom. The van der Waals surface area contributed by atoms with Gasteiger partial charge in [0.05, 0.1) is 24.3 Å². The maximum Gasteiger partial charge on any atom is 0.0995 e. The van der Waals surface area contributed by atoms with Crippen molar-refractivity contribution in [2.45, 2.75) is 38.4 Å². The van der Waals surface area contributed by atoms with E-state index in [9.17, 15) is 0 Å². The van der Waals surface area contributed by atoms with E-state index in [1.807, 2.05) is 24.3 Å². The highest BCUT2D eigenvalue weighted by atomic mass is 16.5. The molecule has 1 saturated carbocycles. The summed E-state index contributed by atoms with van der Waals surface area (Å²) in [6.45, 7) is 1.22. The Bertz CT molecular complexity index is 425. The standard InChI is InChI=1S/C15H20N2O/c16-9-12-5-1-2-7-14(12)11-18-15-8-4-3-6-13(15)10-17/h1-2,5,7,13,15H,3-4,6,8,10-11,17H2. The van der Waals surface area contributed by atoms with E-state index in [2.05, 4.69) is 6.07 Å². The molecule has 18 heavy (non-hydrogen) atoms. The van der Waals surface area contributed by atoms with E-state index in [1.54, 1.807) is 0 Å². The predicted molar refractivity (Wildman–Crippen MR) is 70.7 cm³/mol. The van der Waals surface area contributed by atoms with Crippen molar-refractivity contribution in [3.8, 4) is 6.07 Å². The van der Waals surface area contributed by atoms with Crippen molar-refractivity contribution in [3.05, 3.63) is 35.4 Å². The zero-order chi connectivity index (χ0) is 12.8. The highest BCUT2D eigenvalue weighted by Gasteiger charge is 2.24. The van der Waals surface area contributed by atoms with E-state index >= 15 is 0 Å². The fourth-order valence-corrected chi connectivity index (χ4v) is 2.61. The van der Waals surface area contributed by atoms with Crippen LogP contribution in [0.2, 0.25) is 0 Å². The van der Waals surface area contributed by atoms with Gasteiger partial charge in [-0.25, -0.2) is 0 Å². The summed E-state index contributed by atoms with van der Waals surface area (Å²) in [4.78, 5) is 0. The van der Waals surface area contributed by atoms with Crippen LogP contribution in [-0.4, -0.2) is 12.6 Å². The second kappa shape index (κ2) is 6.53. The quantitative estimate of drug-likeness (QED) is 0.885. The van der Waals surface area contributed by atoms with Crippen molar-refractivity contribution in [2.75, 3.05) is 6.54 Å². The third-order valence-corrected chi connectivity index (χ3v) is 3.73. The first kappa shape index (κ1) is 13.1. The van der Waals surface area contributed by atoms with Gasteiger partial charge in [-0.1, -0.05) is 31.0 Å². The van der Waals surface area contributed by atoms with Crippen LogP contribution in [0.5, 0.6) is 0 Å². The molecule has 0 aliphatic heterocycles. The first-order chi connectivity index (χ1) is 8.85. The number of nitrogens with two attached hydrogens (primary N) is 1. The van der Waals surface area contributed by atoms with Crippen LogP contribution in [0.3, 0.4) is 0 Å². The van der Waals surface area contributed by atoms with E-state index in [-0.39, 0.29) is 6.10 Å². The Balaban J connectivity index is 1.96. The number of ether oxygens (including phenoxy) is 1. The minimum absolute atomic E-state index is 0.260. The smallest absolute Gasteiger partial charge is 0.0995 e. The molecule has 1 aromatic carbocycles. The number of nitrogens with zero attached hydrogens (tertiary/aromatic N) is 1. The molecule has 2 N–H and O–H groups in total. The molecule has 0 saturated heterocycles. The molecule has 2 atom stereocenters. The third kappa shape index (κ3) is 3.10. The second-order valence-electron chi connectivity index (χ2n) is 4.90. The Morgan fingerprint density at radius 1 is 1.28 bits per heavy atom. The van der Waals surface area contributed by atoms with Gasteiger partial charge in [0.2, 0.25) is 0 Å². The van der Waals surface area contributed by atoms with E-state index in [1.165, 1.54) is 19.3 Å². The normalized spacial score (nSPS) is 23.6. The Hall–Kier alpha value is -1.37. The molecule has 0 amide bonds. The summed E-state index contributed by atoms with van der Waals surface area (Å²) in [7, 11) is 0. The molecule has 1 aliphatic rings. The van der Waals surface area contributed by atoms with Crippen molar-refractivity contribution in [3.63, 3.8) is 0 Å². The molecule has 0 bridgehead atoms. The number of benzene rings is 1. The fourth-order valence-electron chi connectivity index (χ4n) is 2.61. The van der Waals surface area contributed by atoms with Crippen LogP contribution in [-0.2, 0) is 11.3 Å². The van der Waals surface area contributed by atoms with Gasteiger partial charge in [-0.15, -0.1) is 0 Å². The molecule has 1 aliphatic carbocycles. The third-order valence-electron chi connectivity index (χ3n) is 3.73. The Morgan fingerprint density at radius 2 is 2.06 bits per heavy atom. The number of nitriles is 1. The summed E-state index contributed by atoms with van der Waals surface area (Å²) in [6.07, 6.45) is 5.00. The SMILES string of the molecule is N#Cc1ccccc1COC1CCCCC1CN. The summed E-state index contributed by atoms with van der Waals surface area (Å²) in [5.74, 6) is 0.480. The van der Waals surface area contributed by atoms with Crippen LogP contribution in [0.25, 0.3) is 0 Å². The van der Waals surface area contributed by atoms with E-state index < -0.39 is 0 Å². The van der Waals surface area contributed by atoms with Crippen LogP contribution in [0, 0.1) is 17.2 Å². The second-order valence-corrected chi connectivity index (χ2v) is 4.90. The van der Waals surface area contributed by atoms with Crippen molar-refractivity contribution in [2.24, 2.45) is 11.7 Å².